The van der Waals surface area contributed by atoms with Crippen LogP contribution in [-0.2, 0) is 6.54 Å². The Hall–Kier alpha value is -2.43. The van der Waals surface area contributed by atoms with Gasteiger partial charge in [-0.2, -0.15) is 0 Å². The van der Waals surface area contributed by atoms with Crippen LogP contribution in [0.25, 0.3) is 0 Å². The lowest BCUT2D eigenvalue weighted by atomic mass is 10.1. The van der Waals surface area contributed by atoms with Gasteiger partial charge in [-0.1, -0.05) is 29.8 Å². The quantitative estimate of drug-likeness (QED) is 0.900. The summed E-state index contributed by atoms with van der Waals surface area (Å²) in [6, 6.07) is 9.00. The van der Waals surface area contributed by atoms with Crippen molar-refractivity contribution in [2.75, 3.05) is 12.4 Å². The number of amides is 1. The summed E-state index contributed by atoms with van der Waals surface area (Å²) in [5.74, 6) is -0.541. The summed E-state index contributed by atoms with van der Waals surface area (Å²) >= 11 is 0. The molecular formula is C15H16FN3O. The molecule has 0 radical (unpaired) electrons. The highest BCUT2D eigenvalue weighted by atomic mass is 19.1. The van der Waals surface area contributed by atoms with Gasteiger partial charge in [-0.3, -0.25) is 4.79 Å². The van der Waals surface area contributed by atoms with E-state index in [1.807, 2.05) is 31.2 Å². The monoisotopic (exact) mass is 273 g/mol. The van der Waals surface area contributed by atoms with Crippen LogP contribution in [0, 0.1) is 12.7 Å². The molecule has 1 aromatic heterocycles. The van der Waals surface area contributed by atoms with Gasteiger partial charge < -0.3 is 10.6 Å². The largest absolute Gasteiger partial charge is 0.372 e. The molecule has 1 amide bonds. The zero-order valence-corrected chi connectivity index (χ0v) is 11.4. The summed E-state index contributed by atoms with van der Waals surface area (Å²) in [6.45, 7) is 2.38. The summed E-state index contributed by atoms with van der Waals surface area (Å²) in [6.07, 6.45) is 1.07. The first kappa shape index (κ1) is 14.0. The first-order chi connectivity index (χ1) is 9.60. The Kier molecular flexibility index (Phi) is 4.30. The Labute approximate surface area is 117 Å². The van der Waals surface area contributed by atoms with Crippen molar-refractivity contribution < 1.29 is 9.18 Å². The summed E-state index contributed by atoms with van der Waals surface area (Å²) in [5.41, 5.74) is 2.31. The number of anilines is 1. The molecule has 0 atom stereocenters. The van der Waals surface area contributed by atoms with E-state index in [0.29, 0.717) is 12.4 Å². The van der Waals surface area contributed by atoms with Gasteiger partial charge in [0.25, 0.3) is 5.91 Å². The topological polar surface area (TPSA) is 54.0 Å². The number of aryl methyl sites for hydroxylation is 1. The van der Waals surface area contributed by atoms with E-state index in [1.165, 1.54) is 6.07 Å². The summed E-state index contributed by atoms with van der Waals surface area (Å²) in [7, 11) is 1.64. The lowest BCUT2D eigenvalue weighted by molar-refractivity contribution is 0.0951. The smallest absolute Gasteiger partial charge is 0.255 e. The molecule has 0 saturated heterocycles. The lowest BCUT2D eigenvalue weighted by Crippen LogP contribution is -2.24. The van der Waals surface area contributed by atoms with Crippen molar-refractivity contribution in [1.82, 2.24) is 10.3 Å². The molecule has 0 bridgehead atoms. The van der Waals surface area contributed by atoms with Crippen LogP contribution >= 0.6 is 0 Å². The molecule has 1 heterocycles. The summed E-state index contributed by atoms with van der Waals surface area (Å²) in [5, 5.41) is 5.53. The average molecular weight is 273 g/mol. The fourth-order valence-corrected chi connectivity index (χ4v) is 1.91. The minimum absolute atomic E-state index is 0.195. The Morgan fingerprint density at radius 1 is 1.35 bits per heavy atom. The number of rotatable bonds is 4. The molecule has 2 rings (SSSR count). The Bertz CT molecular complexity index is 628. The van der Waals surface area contributed by atoms with Gasteiger partial charge in [0.1, 0.15) is 11.6 Å². The van der Waals surface area contributed by atoms with Crippen LogP contribution < -0.4 is 10.6 Å². The lowest BCUT2D eigenvalue weighted by Gasteiger charge is -2.09. The first-order valence-corrected chi connectivity index (χ1v) is 6.27. The van der Waals surface area contributed by atoms with Crippen molar-refractivity contribution in [3.8, 4) is 0 Å². The van der Waals surface area contributed by atoms with E-state index in [-0.39, 0.29) is 11.5 Å². The third-order valence-electron chi connectivity index (χ3n) is 2.87. The van der Waals surface area contributed by atoms with Crippen LogP contribution in [0.3, 0.4) is 0 Å². The minimum atomic E-state index is -0.537. The zero-order valence-electron chi connectivity index (χ0n) is 11.4. The molecule has 20 heavy (non-hydrogen) atoms. The normalized spacial score (nSPS) is 10.2. The Morgan fingerprint density at radius 3 is 2.85 bits per heavy atom. The fraction of sp³-hybridized carbons (Fsp3) is 0.200. The van der Waals surface area contributed by atoms with Crippen molar-refractivity contribution in [3.63, 3.8) is 0 Å². The molecule has 1 aromatic carbocycles. The van der Waals surface area contributed by atoms with Gasteiger partial charge in [0.15, 0.2) is 0 Å². The second-order valence-corrected chi connectivity index (χ2v) is 4.47. The van der Waals surface area contributed by atoms with E-state index in [9.17, 15) is 9.18 Å². The molecule has 0 fully saturated rings. The number of carbonyl (C=O) groups is 1. The van der Waals surface area contributed by atoms with Gasteiger partial charge in [0.2, 0.25) is 0 Å². The number of aromatic nitrogens is 1. The van der Waals surface area contributed by atoms with E-state index in [0.717, 1.165) is 17.3 Å². The Balaban J connectivity index is 2.10. The summed E-state index contributed by atoms with van der Waals surface area (Å²) < 4.78 is 13.2. The van der Waals surface area contributed by atoms with E-state index in [4.69, 9.17) is 0 Å². The fourth-order valence-electron chi connectivity index (χ4n) is 1.91. The highest BCUT2D eigenvalue weighted by molar-refractivity contribution is 5.98. The maximum absolute atomic E-state index is 13.2. The van der Waals surface area contributed by atoms with Gasteiger partial charge in [0, 0.05) is 13.6 Å². The zero-order chi connectivity index (χ0) is 14.5. The van der Waals surface area contributed by atoms with Gasteiger partial charge in [-0.25, -0.2) is 9.37 Å². The number of pyridine rings is 1. The maximum atomic E-state index is 13.2. The Morgan fingerprint density at radius 2 is 2.15 bits per heavy atom. The number of halogens is 1. The molecule has 0 aliphatic rings. The van der Waals surface area contributed by atoms with Crippen LogP contribution in [0.5, 0.6) is 0 Å². The number of hydrogen-bond acceptors (Lipinski definition) is 3. The first-order valence-electron chi connectivity index (χ1n) is 6.27. The minimum Gasteiger partial charge on any atom is -0.372 e. The number of nitrogens with zero attached hydrogens (tertiary/aromatic N) is 1. The predicted octanol–water partition coefficient (Wildman–Crippen LogP) is 2.50. The number of carbonyl (C=O) groups excluding carboxylic acids is 1. The van der Waals surface area contributed by atoms with Gasteiger partial charge in [0.05, 0.1) is 11.8 Å². The second kappa shape index (κ2) is 6.14. The molecule has 0 aliphatic heterocycles. The molecule has 0 spiro atoms. The maximum Gasteiger partial charge on any atom is 0.255 e. The molecular weight excluding hydrogens is 257 g/mol. The SMILES string of the molecule is CNc1ncc(F)cc1C(=O)NCc1cccc(C)c1. The summed E-state index contributed by atoms with van der Waals surface area (Å²) in [4.78, 5) is 15.9. The van der Waals surface area contributed by atoms with Crippen molar-refractivity contribution in [3.05, 3.63) is 59.0 Å². The third kappa shape index (κ3) is 3.32. The van der Waals surface area contributed by atoms with Crippen molar-refractivity contribution in [2.45, 2.75) is 13.5 Å². The van der Waals surface area contributed by atoms with E-state index in [1.54, 1.807) is 7.05 Å². The van der Waals surface area contributed by atoms with Crippen molar-refractivity contribution in [2.24, 2.45) is 0 Å². The van der Waals surface area contributed by atoms with Crippen LogP contribution in [0.2, 0.25) is 0 Å². The van der Waals surface area contributed by atoms with Crippen LogP contribution in [0.1, 0.15) is 21.5 Å². The molecule has 0 saturated carbocycles. The van der Waals surface area contributed by atoms with Crippen LogP contribution in [-0.4, -0.2) is 17.9 Å². The predicted molar refractivity (Wildman–Crippen MR) is 76.1 cm³/mol. The molecule has 0 aliphatic carbocycles. The average Bonchev–Trinajstić information content (AvgIpc) is 2.45. The highest BCUT2D eigenvalue weighted by Crippen LogP contribution is 2.13. The van der Waals surface area contributed by atoms with E-state index < -0.39 is 5.82 Å². The molecule has 0 unspecified atom stereocenters. The number of hydrogen-bond donors (Lipinski definition) is 2. The number of nitrogens with one attached hydrogen (secondary N) is 2. The van der Waals surface area contributed by atoms with Crippen LogP contribution in [0.15, 0.2) is 36.5 Å². The van der Waals surface area contributed by atoms with Gasteiger partial charge >= 0.3 is 0 Å². The molecule has 5 heteroatoms. The molecule has 4 nitrogen and oxygen atoms in total. The molecule has 104 valence electrons. The van der Waals surface area contributed by atoms with E-state index >= 15 is 0 Å². The van der Waals surface area contributed by atoms with E-state index in [2.05, 4.69) is 15.6 Å². The molecule has 2 N–H and O–H groups in total. The van der Waals surface area contributed by atoms with Crippen LogP contribution in [0.4, 0.5) is 10.2 Å². The van der Waals surface area contributed by atoms with Crippen molar-refractivity contribution in [1.29, 1.82) is 0 Å². The highest BCUT2D eigenvalue weighted by Gasteiger charge is 2.12. The number of benzene rings is 1. The second-order valence-electron chi connectivity index (χ2n) is 4.47. The van der Waals surface area contributed by atoms with Crippen molar-refractivity contribution >= 4 is 11.7 Å². The molecule has 2 aromatic rings. The third-order valence-corrected chi connectivity index (χ3v) is 2.87. The standard InChI is InChI=1S/C15H16FN3O/c1-10-4-3-5-11(6-10)8-19-15(20)13-7-12(16)9-18-14(13)17-2/h3-7,9H,8H2,1-2H3,(H,17,18)(H,19,20). The van der Waals surface area contributed by atoms with Gasteiger partial charge in [-0.05, 0) is 18.6 Å². The van der Waals surface area contributed by atoms with Gasteiger partial charge in [-0.15, -0.1) is 0 Å².